The maximum absolute atomic E-state index is 13.1. The summed E-state index contributed by atoms with van der Waals surface area (Å²) in [6, 6.07) is 0. The lowest BCUT2D eigenvalue weighted by Gasteiger charge is -2.25. The van der Waals surface area contributed by atoms with E-state index in [1.165, 1.54) is 0 Å². The van der Waals surface area contributed by atoms with Crippen LogP contribution in [0.15, 0.2) is 0 Å². The Labute approximate surface area is 157 Å². The Bertz CT molecular complexity index is 381. The van der Waals surface area contributed by atoms with E-state index in [4.69, 9.17) is 0 Å². The van der Waals surface area contributed by atoms with Crippen LogP contribution in [0.4, 0.5) is 0 Å². The van der Waals surface area contributed by atoms with E-state index < -0.39 is 14.6 Å². The normalized spacial score (nSPS) is 13.6. The molecule has 0 aliphatic rings. The number of nitrogens with one attached hydrogen (secondary N) is 2. The fourth-order valence-corrected chi connectivity index (χ4v) is 10.1. The summed E-state index contributed by atoms with van der Waals surface area (Å²) in [6.45, 7) is 18.5. The summed E-state index contributed by atoms with van der Waals surface area (Å²) >= 11 is 0. The third kappa shape index (κ3) is 13.2. The molecule has 0 aliphatic carbocycles. The summed E-state index contributed by atoms with van der Waals surface area (Å²) < 4.78 is 26.2. The minimum Gasteiger partial charge on any atom is -0.307 e. The van der Waals surface area contributed by atoms with Gasteiger partial charge in [-0.1, -0.05) is 55.4 Å². The van der Waals surface area contributed by atoms with Crippen molar-refractivity contribution in [3.8, 4) is 0 Å². The van der Waals surface area contributed by atoms with Crippen molar-refractivity contribution in [2.75, 3.05) is 37.7 Å². The molecule has 0 aromatic heterocycles. The second-order valence-electron chi connectivity index (χ2n) is 9.25. The van der Waals surface area contributed by atoms with Crippen molar-refractivity contribution >= 4 is 14.6 Å². The highest BCUT2D eigenvalue weighted by atomic mass is 31.2. The summed E-state index contributed by atoms with van der Waals surface area (Å²) in [6.07, 6.45) is 3.91. The first kappa shape index (κ1) is 25.4. The molecule has 2 N–H and O–H groups in total. The van der Waals surface area contributed by atoms with E-state index in [0.29, 0.717) is 23.7 Å². The van der Waals surface area contributed by atoms with Gasteiger partial charge in [0.2, 0.25) is 0 Å². The van der Waals surface area contributed by atoms with Crippen molar-refractivity contribution in [3.05, 3.63) is 0 Å². The highest BCUT2D eigenvalue weighted by Gasteiger charge is 2.25. The van der Waals surface area contributed by atoms with Crippen molar-refractivity contribution in [2.45, 2.75) is 61.8 Å². The standard InChI is InChI=1S/C19H44N2O2P2/c1-16(2)12-24(22,13-17(3)4)20-10-9-11-21-25(23,14-18(5)6)15-19(7)8/h16-19H,9-15H2,1-8H3,(H,20,22)(H,21,23). The lowest BCUT2D eigenvalue weighted by atomic mass is 10.3. The molecule has 4 nitrogen and oxygen atoms in total. The van der Waals surface area contributed by atoms with E-state index in [-0.39, 0.29) is 0 Å². The maximum atomic E-state index is 13.1. The third-order valence-corrected chi connectivity index (χ3v) is 10.7. The van der Waals surface area contributed by atoms with Crippen LogP contribution < -0.4 is 10.2 Å². The zero-order valence-electron chi connectivity index (χ0n) is 18.0. The lowest BCUT2D eigenvalue weighted by Crippen LogP contribution is -2.25. The largest absolute Gasteiger partial charge is 0.307 e. The SMILES string of the molecule is CC(C)CP(=O)(CC(C)C)NCCCNP(=O)(CC(C)C)CC(C)C. The van der Waals surface area contributed by atoms with Crippen LogP contribution >= 0.6 is 14.6 Å². The van der Waals surface area contributed by atoms with Crippen LogP contribution in [-0.4, -0.2) is 37.7 Å². The Kier molecular flexibility index (Phi) is 12.1. The molecule has 0 rings (SSSR count). The van der Waals surface area contributed by atoms with Gasteiger partial charge in [-0.3, -0.25) is 10.2 Å². The van der Waals surface area contributed by atoms with Gasteiger partial charge in [-0.2, -0.15) is 0 Å². The average Bonchev–Trinajstić information content (AvgIpc) is 2.33. The fraction of sp³-hybridized carbons (Fsp3) is 1.00. The molecule has 152 valence electrons. The van der Waals surface area contributed by atoms with Crippen molar-refractivity contribution in [2.24, 2.45) is 23.7 Å². The molecule has 6 heteroatoms. The molecular weight excluding hydrogens is 350 g/mol. The van der Waals surface area contributed by atoms with Gasteiger partial charge in [-0.15, -0.1) is 0 Å². The van der Waals surface area contributed by atoms with Crippen molar-refractivity contribution < 1.29 is 9.13 Å². The summed E-state index contributed by atoms with van der Waals surface area (Å²) in [5, 5.41) is 6.70. The zero-order valence-corrected chi connectivity index (χ0v) is 19.8. The van der Waals surface area contributed by atoms with Gasteiger partial charge < -0.3 is 9.13 Å². The first-order valence-corrected chi connectivity index (χ1v) is 14.2. The molecule has 0 saturated heterocycles. The molecule has 25 heavy (non-hydrogen) atoms. The van der Waals surface area contributed by atoms with Gasteiger partial charge >= 0.3 is 0 Å². The zero-order chi connectivity index (χ0) is 19.7. The van der Waals surface area contributed by atoms with Crippen LogP contribution in [0.3, 0.4) is 0 Å². The molecule has 0 amide bonds. The van der Waals surface area contributed by atoms with Gasteiger partial charge in [0.25, 0.3) is 0 Å². The van der Waals surface area contributed by atoms with Gasteiger partial charge in [0.05, 0.1) is 0 Å². The molecule has 0 aliphatic heterocycles. The Morgan fingerprint density at radius 2 is 0.800 bits per heavy atom. The Morgan fingerprint density at radius 3 is 1.00 bits per heavy atom. The average molecular weight is 395 g/mol. The molecule has 0 spiro atoms. The van der Waals surface area contributed by atoms with Crippen LogP contribution in [-0.2, 0) is 9.13 Å². The Morgan fingerprint density at radius 1 is 0.560 bits per heavy atom. The molecule has 0 aromatic rings. The van der Waals surface area contributed by atoms with Crippen LogP contribution in [0, 0.1) is 23.7 Å². The van der Waals surface area contributed by atoms with E-state index in [1.807, 2.05) is 0 Å². The molecule has 0 unspecified atom stereocenters. The Balaban J connectivity index is 4.47. The second-order valence-corrected chi connectivity index (χ2v) is 14.9. The van der Waals surface area contributed by atoms with E-state index in [2.05, 4.69) is 65.6 Å². The first-order chi connectivity index (χ1) is 11.4. The van der Waals surface area contributed by atoms with Crippen molar-refractivity contribution in [1.29, 1.82) is 0 Å². The van der Waals surface area contributed by atoms with E-state index in [0.717, 1.165) is 44.2 Å². The quantitative estimate of drug-likeness (QED) is 0.291. The van der Waals surface area contributed by atoms with Crippen LogP contribution in [0.2, 0.25) is 0 Å². The number of hydrogen-bond acceptors (Lipinski definition) is 2. The first-order valence-electron chi connectivity index (χ1n) is 10.0. The van der Waals surface area contributed by atoms with Crippen molar-refractivity contribution in [1.82, 2.24) is 10.2 Å². The molecular formula is C19H44N2O2P2. The monoisotopic (exact) mass is 394 g/mol. The predicted molar refractivity (Wildman–Crippen MR) is 115 cm³/mol. The molecule has 0 radical (unpaired) electrons. The smallest absolute Gasteiger partial charge is 0.148 e. The molecule has 0 fully saturated rings. The highest BCUT2D eigenvalue weighted by molar-refractivity contribution is 7.62. The number of rotatable bonds is 14. The van der Waals surface area contributed by atoms with Gasteiger partial charge in [-0.05, 0) is 30.1 Å². The van der Waals surface area contributed by atoms with Gasteiger partial charge in [0.15, 0.2) is 0 Å². The van der Waals surface area contributed by atoms with E-state index in [1.54, 1.807) is 0 Å². The molecule has 0 atom stereocenters. The Hall–Kier alpha value is 0.380. The fourth-order valence-electron chi connectivity index (χ4n) is 3.42. The molecule has 0 bridgehead atoms. The number of hydrogen-bond donors (Lipinski definition) is 2. The summed E-state index contributed by atoms with van der Waals surface area (Å²) in [5.41, 5.74) is 0. The third-order valence-electron chi connectivity index (χ3n) is 3.79. The van der Waals surface area contributed by atoms with Crippen LogP contribution in [0.25, 0.3) is 0 Å². The highest BCUT2D eigenvalue weighted by Crippen LogP contribution is 2.45. The topological polar surface area (TPSA) is 58.2 Å². The van der Waals surface area contributed by atoms with Gasteiger partial charge in [0, 0.05) is 37.7 Å². The molecule has 0 saturated carbocycles. The molecule has 0 aromatic carbocycles. The van der Waals surface area contributed by atoms with Crippen LogP contribution in [0.5, 0.6) is 0 Å². The van der Waals surface area contributed by atoms with Crippen molar-refractivity contribution in [3.63, 3.8) is 0 Å². The summed E-state index contributed by atoms with van der Waals surface area (Å²) in [4.78, 5) is 0. The van der Waals surface area contributed by atoms with Gasteiger partial charge in [-0.25, -0.2) is 0 Å². The van der Waals surface area contributed by atoms with E-state index in [9.17, 15) is 9.13 Å². The minimum atomic E-state index is -2.30. The molecule has 0 heterocycles. The summed E-state index contributed by atoms with van der Waals surface area (Å²) in [5.74, 6) is 1.75. The lowest BCUT2D eigenvalue weighted by molar-refractivity contribution is 0.537. The minimum absolute atomic E-state index is 0.438. The van der Waals surface area contributed by atoms with Crippen LogP contribution in [0.1, 0.15) is 61.8 Å². The van der Waals surface area contributed by atoms with E-state index >= 15 is 0 Å². The maximum Gasteiger partial charge on any atom is 0.148 e. The second kappa shape index (κ2) is 12.0. The predicted octanol–water partition coefficient (Wildman–Crippen LogP) is 5.74. The summed E-state index contributed by atoms with van der Waals surface area (Å²) in [7, 11) is -4.61. The van der Waals surface area contributed by atoms with Gasteiger partial charge in [0.1, 0.15) is 14.6 Å².